The first-order chi connectivity index (χ1) is 21.5. The van der Waals surface area contributed by atoms with E-state index in [1.54, 1.807) is 42.5 Å². The summed E-state index contributed by atoms with van der Waals surface area (Å²) in [5, 5.41) is 12.9. The molecule has 0 aliphatic heterocycles. The van der Waals surface area contributed by atoms with Gasteiger partial charge in [-0.05, 0) is 42.2 Å². The quantitative estimate of drug-likeness (QED) is 0.130. The highest BCUT2D eigenvalue weighted by Crippen LogP contribution is 2.23. The van der Waals surface area contributed by atoms with Crippen molar-refractivity contribution < 1.29 is 37.0 Å². The van der Waals surface area contributed by atoms with Crippen LogP contribution in [-0.4, -0.2) is 50.8 Å². The lowest BCUT2D eigenvalue weighted by atomic mass is 9.98. The maximum absolute atomic E-state index is 12.9. The Bertz CT molecular complexity index is 1690. The van der Waals surface area contributed by atoms with Crippen LogP contribution in [0.3, 0.4) is 0 Å². The van der Waals surface area contributed by atoms with Crippen LogP contribution in [0.15, 0.2) is 83.9 Å². The van der Waals surface area contributed by atoms with E-state index >= 15 is 0 Å². The van der Waals surface area contributed by atoms with E-state index in [-0.39, 0.29) is 23.5 Å². The molecule has 4 aromatic rings. The summed E-state index contributed by atoms with van der Waals surface area (Å²) < 4.78 is 48.9. The van der Waals surface area contributed by atoms with Crippen molar-refractivity contribution in [3.05, 3.63) is 106 Å². The van der Waals surface area contributed by atoms with Gasteiger partial charge in [0.05, 0.1) is 13.3 Å². The number of halogens is 3. The predicted octanol–water partition coefficient (Wildman–Crippen LogP) is 3.64. The lowest BCUT2D eigenvalue weighted by Gasteiger charge is -2.15. The van der Waals surface area contributed by atoms with Gasteiger partial charge in [-0.1, -0.05) is 47.7 Å². The maximum atomic E-state index is 12.9. The third kappa shape index (κ3) is 9.51. The number of carbonyl (C=O) groups is 3. The highest BCUT2D eigenvalue weighted by Gasteiger charge is 2.31. The molecule has 2 aromatic carbocycles. The number of esters is 1. The van der Waals surface area contributed by atoms with E-state index in [4.69, 9.17) is 4.74 Å². The Morgan fingerprint density at radius 3 is 2.44 bits per heavy atom. The van der Waals surface area contributed by atoms with Gasteiger partial charge in [0.1, 0.15) is 5.75 Å². The van der Waals surface area contributed by atoms with Gasteiger partial charge in [-0.15, -0.1) is 18.3 Å². The van der Waals surface area contributed by atoms with Crippen LogP contribution in [0.2, 0.25) is 0 Å². The van der Waals surface area contributed by atoms with Gasteiger partial charge >= 0.3 is 12.3 Å². The second-order valence-electron chi connectivity index (χ2n) is 9.76. The van der Waals surface area contributed by atoms with Gasteiger partial charge in [0.25, 0.3) is 11.5 Å². The lowest BCUT2D eigenvalue weighted by Crippen LogP contribution is -2.29. The summed E-state index contributed by atoms with van der Waals surface area (Å²) in [5.74, 6) is -3.49. The van der Waals surface area contributed by atoms with Crippen molar-refractivity contribution in [1.29, 1.82) is 0 Å². The Morgan fingerprint density at radius 1 is 0.978 bits per heavy atom. The number of methoxy groups -OCH3 is 1. The fourth-order valence-electron chi connectivity index (χ4n) is 4.34. The monoisotopic (exact) mass is 626 g/mol. The number of pyridine rings is 1. The van der Waals surface area contributed by atoms with Crippen LogP contribution >= 0.6 is 0 Å². The minimum absolute atomic E-state index is 0.0354. The summed E-state index contributed by atoms with van der Waals surface area (Å²) in [7, 11) is 1.19. The highest BCUT2D eigenvalue weighted by atomic mass is 19.4. The van der Waals surface area contributed by atoms with Crippen LogP contribution < -0.4 is 20.9 Å². The molecule has 0 bridgehead atoms. The summed E-state index contributed by atoms with van der Waals surface area (Å²) in [6.45, 7) is 0.742. The van der Waals surface area contributed by atoms with Crippen molar-refractivity contribution in [2.75, 3.05) is 12.4 Å². The molecule has 0 aliphatic rings. The molecule has 0 saturated carbocycles. The van der Waals surface area contributed by atoms with Gasteiger partial charge in [0, 0.05) is 37.6 Å². The molecule has 0 radical (unpaired) electrons. The zero-order chi connectivity index (χ0) is 32.4. The Kier molecular flexibility index (Phi) is 10.7. The number of amides is 2. The summed E-state index contributed by atoms with van der Waals surface area (Å²) in [5.41, 5.74) is 0.785. The minimum Gasteiger partial charge on any atom is -0.468 e. The first-order valence-corrected chi connectivity index (χ1v) is 13.7. The number of hydrogen-bond donors (Lipinski definition) is 2. The summed E-state index contributed by atoms with van der Waals surface area (Å²) in [6.07, 6.45) is -0.655. The number of aryl methyl sites for hydroxylation is 2. The van der Waals surface area contributed by atoms with Crippen LogP contribution in [0.25, 0.3) is 0 Å². The van der Waals surface area contributed by atoms with Gasteiger partial charge in [-0.3, -0.25) is 23.9 Å². The van der Waals surface area contributed by atoms with Crippen molar-refractivity contribution in [3.8, 4) is 5.75 Å². The highest BCUT2D eigenvalue weighted by molar-refractivity contribution is 6.09. The van der Waals surface area contributed by atoms with E-state index in [1.807, 2.05) is 0 Å². The molecular formula is C30H29F3N6O6. The van der Waals surface area contributed by atoms with Crippen LogP contribution in [0.4, 0.5) is 18.9 Å². The molecule has 2 N–H and O–H groups in total. The Hall–Kier alpha value is -5.47. The number of carbonyl (C=O) groups excluding carboxylic acids is 3. The molecule has 1 atom stereocenters. The zero-order valence-corrected chi connectivity index (χ0v) is 24.0. The van der Waals surface area contributed by atoms with E-state index in [0.717, 1.165) is 6.07 Å². The molecule has 15 heteroatoms. The third-order valence-electron chi connectivity index (χ3n) is 6.49. The van der Waals surface area contributed by atoms with Crippen LogP contribution in [0.1, 0.15) is 40.4 Å². The predicted molar refractivity (Wildman–Crippen MR) is 154 cm³/mol. The minimum atomic E-state index is -4.82. The fourth-order valence-corrected chi connectivity index (χ4v) is 4.34. The number of hydrogen-bond acceptors (Lipinski definition) is 8. The zero-order valence-electron chi connectivity index (χ0n) is 24.0. The normalized spacial score (nSPS) is 11.8. The van der Waals surface area contributed by atoms with Gasteiger partial charge in [0.15, 0.2) is 11.6 Å². The average Bonchev–Trinajstić information content (AvgIpc) is 3.48. The van der Waals surface area contributed by atoms with E-state index in [1.165, 1.54) is 47.0 Å². The second-order valence-corrected chi connectivity index (χ2v) is 9.76. The molecule has 0 fully saturated rings. The maximum Gasteiger partial charge on any atom is 0.573 e. The lowest BCUT2D eigenvalue weighted by molar-refractivity contribution is -0.274. The molecule has 45 heavy (non-hydrogen) atoms. The van der Waals surface area contributed by atoms with Gasteiger partial charge in [-0.2, -0.15) is 0 Å². The summed E-state index contributed by atoms with van der Waals surface area (Å²) >= 11 is 0. The molecule has 0 aliphatic carbocycles. The van der Waals surface area contributed by atoms with Crippen LogP contribution in [-0.2, 0) is 34.0 Å². The molecule has 0 unspecified atom stereocenters. The number of unbranched alkanes of at least 4 members (excludes halogenated alkanes) is 1. The number of alkyl halides is 3. The van der Waals surface area contributed by atoms with Crippen LogP contribution in [0, 0.1) is 0 Å². The van der Waals surface area contributed by atoms with Crippen molar-refractivity contribution in [1.82, 2.24) is 24.9 Å². The number of aromatic nitrogens is 4. The molecule has 2 amide bonds. The smallest absolute Gasteiger partial charge is 0.468 e. The molecule has 2 aromatic heterocycles. The fraction of sp³-hybridized carbons (Fsp3) is 0.267. The number of nitrogens with one attached hydrogen (secondary N) is 2. The second kappa shape index (κ2) is 14.8. The van der Waals surface area contributed by atoms with Crippen molar-refractivity contribution in [3.63, 3.8) is 0 Å². The molecule has 12 nitrogen and oxygen atoms in total. The van der Waals surface area contributed by atoms with Crippen molar-refractivity contribution >= 4 is 23.5 Å². The largest absolute Gasteiger partial charge is 0.573 e. The first kappa shape index (κ1) is 32.4. The van der Waals surface area contributed by atoms with E-state index < -0.39 is 35.8 Å². The summed E-state index contributed by atoms with van der Waals surface area (Å²) in [4.78, 5) is 50.2. The Labute approximate surface area is 254 Å². The van der Waals surface area contributed by atoms with Gasteiger partial charge < -0.3 is 24.7 Å². The van der Waals surface area contributed by atoms with Crippen molar-refractivity contribution in [2.24, 2.45) is 0 Å². The van der Waals surface area contributed by atoms with Crippen LogP contribution in [0.5, 0.6) is 5.75 Å². The standard InChI is InChI=1S/C30H29F3N6O6/c1-44-29(43)26(21-9-3-2-4-10-21)28(42)35-22-12-15-38(25(40)17-22)13-5-6-14-39-19-24(36-37-39)27(41)34-18-20-8-7-11-23(16-20)45-30(31,32)33/h2-4,7-12,15-17,19,26H,5-6,13-14,18H2,1H3,(H,34,41)(H,35,42)/t26-/m0/s1. The number of nitrogens with zero attached hydrogens (tertiary/aromatic N) is 4. The third-order valence-corrected chi connectivity index (χ3v) is 6.49. The van der Waals surface area contributed by atoms with E-state index in [2.05, 4.69) is 25.7 Å². The van der Waals surface area contributed by atoms with E-state index in [0.29, 0.717) is 37.1 Å². The Morgan fingerprint density at radius 2 is 1.73 bits per heavy atom. The number of ether oxygens (including phenoxy) is 2. The molecule has 0 spiro atoms. The number of anilines is 1. The SMILES string of the molecule is COC(=O)[C@H](C(=O)Nc1ccn(CCCCn2cc(C(=O)NCc3cccc(OC(F)(F)F)c3)nn2)c(=O)c1)c1ccccc1. The molecule has 4 rings (SSSR count). The average molecular weight is 627 g/mol. The van der Waals surface area contributed by atoms with Gasteiger partial charge in [-0.25, -0.2) is 0 Å². The Balaban J connectivity index is 1.23. The number of benzene rings is 2. The van der Waals surface area contributed by atoms with Crippen molar-refractivity contribution in [2.45, 2.75) is 44.8 Å². The molecule has 0 saturated heterocycles. The molecule has 236 valence electrons. The van der Waals surface area contributed by atoms with E-state index in [9.17, 15) is 32.3 Å². The summed E-state index contributed by atoms with van der Waals surface area (Å²) in [6, 6.07) is 16.5. The number of rotatable bonds is 13. The van der Waals surface area contributed by atoms with Gasteiger partial charge in [0.2, 0.25) is 5.91 Å². The molecular weight excluding hydrogens is 597 g/mol. The molecule has 2 heterocycles. The first-order valence-electron chi connectivity index (χ1n) is 13.7. The topological polar surface area (TPSA) is 146 Å².